The molecule has 110 valence electrons. The lowest BCUT2D eigenvalue weighted by molar-refractivity contribution is 0.251. The minimum absolute atomic E-state index is 0.150. The van der Waals surface area contributed by atoms with Gasteiger partial charge in [0, 0.05) is 36.1 Å². The van der Waals surface area contributed by atoms with Gasteiger partial charge in [0.2, 0.25) is 0 Å². The lowest BCUT2D eigenvalue weighted by atomic mass is 10.3. The van der Waals surface area contributed by atoms with Crippen LogP contribution in [-0.4, -0.2) is 22.4 Å². The zero-order valence-electron chi connectivity index (χ0n) is 11.3. The Morgan fingerprint density at radius 3 is 2.71 bits per heavy atom. The number of carbonyl (C=O) groups is 1. The van der Waals surface area contributed by atoms with Gasteiger partial charge in [0.15, 0.2) is 0 Å². The first-order valence-corrected chi connectivity index (χ1v) is 6.85. The van der Waals surface area contributed by atoms with Crippen LogP contribution in [0.2, 0.25) is 5.02 Å². The van der Waals surface area contributed by atoms with E-state index >= 15 is 0 Å². The Bertz CT molecular complexity index is 655. The van der Waals surface area contributed by atoms with Gasteiger partial charge < -0.3 is 10.6 Å². The van der Waals surface area contributed by atoms with Gasteiger partial charge in [-0.2, -0.15) is 5.10 Å². The van der Waals surface area contributed by atoms with E-state index in [0.717, 1.165) is 0 Å². The van der Waals surface area contributed by atoms with E-state index in [9.17, 15) is 9.59 Å². The van der Waals surface area contributed by atoms with Gasteiger partial charge in [0.25, 0.3) is 5.56 Å². The molecule has 6 nitrogen and oxygen atoms in total. The molecule has 21 heavy (non-hydrogen) atoms. The number of benzene rings is 1. The van der Waals surface area contributed by atoms with Crippen LogP contribution in [0.5, 0.6) is 0 Å². The predicted octanol–water partition coefficient (Wildman–Crippen LogP) is 2.11. The molecule has 2 aromatic rings. The lowest BCUT2D eigenvalue weighted by Gasteiger charge is -2.08. The molecule has 0 unspecified atom stereocenters. The number of nitrogens with zero attached hydrogens (tertiary/aromatic N) is 2. The number of aryl methyl sites for hydroxylation is 1. The summed E-state index contributed by atoms with van der Waals surface area (Å²) in [6.07, 6.45) is 2.17. The minimum Gasteiger partial charge on any atom is -0.338 e. The number of hydrogen-bond acceptors (Lipinski definition) is 3. The summed E-state index contributed by atoms with van der Waals surface area (Å²) in [5.41, 5.74) is 0.515. The summed E-state index contributed by atoms with van der Waals surface area (Å²) in [6.45, 7) is 0.906. The van der Waals surface area contributed by atoms with Gasteiger partial charge in [-0.1, -0.05) is 11.6 Å². The molecule has 2 amide bonds. The molecule has 0 bridgehead atoms. The van der Waals surface area contributed by atoms with Crippen LogP contribution in [0, 0.1) is 0 Å². The molecular weight excluding hydrogens is 292 g/mol. The molecule has 1 aromatic heterocycles. The third-order valence-electron chi connectivity index (χ3n) is 2.72. The fraction of sp³-hybridized carbons (Fsp3) is 0.214. The van der Waals surface area contributed by atoms with Gasteiger partial charge in [-0.05, 0) is 36.8 Å². The average molecular weight is 307 g/mol. The fourth-order valence-corrected chi connectivity index (χ4v) is 1.82. The molecule has 1 heterocycles. The molecule has 0 saturated carbocycles. The molecule has 0 aliphatic heterocycles. The van der Waals surface area contributed by atoms with E-state index < -0.39 is 0 Å². The highest BCUT2D eigenvalue weighted by Crippen LogP contribution is 2.12. The topological polar surface area (TPSA) is 76.0 Å². The third-order valence-corrected chi connectivity index (χ3v) is 2.97. The average Bonchev–Trinajstić information content (AvgIpc) is 2.48. The van der Waals surface area contributed by atoms with Crippen molar-refractivity contribution in [3.05, 3.63) is 58.0 Å². The van der Waals surface area contributed by atoms with Crippen molar-refractivity contribution in [1.29, 1.82) is 0 Å². The smallest absolute Gasteiger partial charge is 0.319 e. The number of nitrogens with one attached hydrogen (secondary N) is 2. The van der Waals surface area contributed by atoms with Crippen molar-refractivity contribution in [3.63, 3.8) is 0 Å². The molecule has 7 heteroatoms. The second-order valence-electron chi connectivity index (χ2n) is 4.33. The molecular formula is C14H15ClN4O2. The minimum atomic E-state index is -0.300. The number of rotatable bonds is 5. The number of anilines is 1. The van der Waals surface area contributed by atoms with Crippen LogP contribution in [-0.2, 0) is 6.54 Å². The summed E-state index contributed by atoms with van der Waals surface area (Å²) < 4.78 is 1.36. The molecule has 2 N–H and O–H groups in total. The van der Waals surface area contributed by atoms with Crippen molar-refractivity contribution in [2.75, 3.05) is 11.9 Å². The largest absolute Gasteiger partial charge is 0.338 e. The quantitative estimate of drug-likeness (QED) is 0.831. The van der Waals surface area contributed by atoms with Crippen LogP contribution in [0.25, 0.3) is 0 Å². The maximum Gasteiger partial charge on any atom is 0.319 e. The molecule has 0 saturated heterocycles. The first-order valence-electron chi connectivity index (χ1n) is 6.48. The number of urea groups is 1. The maximum atomic E-state index is 11.6. The van der Waals surface area contributed by atoms with Gasteiger partial charge in [0.05, 0.1) is 0 Å². The Kier molecular flexibility index (Phi) is 5.34. The Morgan fingerprint density at radius 2 is 2.00 bits per heavy atom. The van der Waals surface area contributed by atoms with Crippen LogP contribution in [0.1, 0.15) is 6.42 Å². The molecule has 0 atom stereocenters. The second-order valence-corrected chi connectivity index (χ2v) is 4.76. The molecule has 0 radical (unpaired) electrons. The zero-order valence-corrected chi connectivity index (χ0v) is 12.0. The maximum absolute atomic E-state index is 11.6. The van der Waals surface area contributed by atoms with Crippen molar-refractivity contribution in [2.24, 2.45) is 0 Å². The molecule has 1 aromatic carbocycles. The van der Waals surface area contributed by atoms with E-state index in [0.29, 0.717) is 30.2 Å². The van der Waals surface area contributed by atoms with E-state index in [-0.39, 0.29) is 11.6 Å². The first kappa shape index (κ1) is 15.1. The van der Waals surface area contributed by atoms with Crippen molar-refractivity contribution in [1.82, 2.24) is 15.1 Å². The van der Waals surface area contributed by atoms with Crippen LogP contribution in [0.3, 0.4) is 0 Å². The SMILES string of the molecule is O=C(NCCCn1ncccc1=O)Nc1ccc(Cl)cc1. The number of halogens is 1. The van der Waals surface area contributed by atoms with Gasteiger partial charge in [0.1, 0.15) is 0 Å². The zero-order chi connectivity index (χ0) is 15.1. The Morgan fingerprint density at radius 1 is 1.24 bits per heavy atom. The summed E-state index contributed by atoms with van der Waals surface area (Å²) in [6, 6.07) is 9.58. The molecule has 0 fully saturated rings. The summed E-state index contributed by atoms with van der Waals surface area (Å²) in [5, 5.41) is 9.94. The van der Waals surface area contributed by atoms with Crippen LogP contribution >= 0.6 is 11.6 Å². The second kappa shape index (κ2) is 7.44. The Balaban J connectivity index is 1.71. The van der Waals surface area contributed by atoms with Gasteiger partial charge in [-0.3, -0.25) is 4.79 Å². The van der Waals surface area contributed by atoms with Crippen molar-refractivity contribution < 1.29 is 4.79 Å². The number of carbonyl (C=O) groups excluding carboxylic acids is 1. The van der Waals surface area contributed by atoms with Crippen molar-refractivity contribution >= 4 is 23.3 Å². The molecule has 0 spiro atoms. The first-order chi connectivity index (χ1) is 10.1. The van der Waals surface area contributed by atoms with E-state index in [1.807, 2.05) is 0 Å². The van der Waals surface area contributed by atoms with Crippen LogP contribution < -0.4 is 16.2 Å². The molecule has 0 aliphatic rings. The van der Waals surface area contributed by atoms with Crippen LogP contribution in [0.4, 0.5) is 10.5 Å². The molecule has 0 aliphatic carbocycles. The molecule has 2 rings (SSSR count). The van der Waals surface area contributed by atoms with Crippen molar-refractivity contribution in [2.45, 2.75) is 13.0 Å². The fourth-order valence-electron chi connectivity index (χ4n) is 1.69. The van der Waals surface area contributed by atoms with Crippen LogP contribution in [0.15, 0.2) is 47.4 Å². The van der Waals surface area contributed by atoms with Gasteiger partial charge in [-0.25, -0.2) is 9.48 Å². The summed E-state index contributed by atoms with van der Waals surface area (Å²) in [4.78, 5) is 23.0. The Hall–Kier alpha value is -2.34. The number of hydrogen-bond donors (Lipinski definition) is 2. The van der Waals surface area contributed by atoms with Gasteiger partial charge in [-0.15, -0.1) is 0 Å². The highest BCUT2D eigenvalue weighted by Gasteiger charge is 2.01. The summed E-state index contributed by atoms with van der Waals surface area (Å²) in [7, 11) is 0. The van der Waals surface area contributed by atoms with Gasteiger partial charge >= 0.3 is 6.03 Å². The highest BCUT2D eigenvalue weighted by molar-refractivity contribution is 6.30. The highest BCUT2D eigenvalue weighted by atomic mass is 35.5. The normalized spacial score (nSPS) is 10.1. The van der Waals surface area contributed by atoms with E-state index in [2.05, 4.69) is 15.7 Å². The number of aromatic nitrogens is 2. The van der Waals surface area contributed by atoms with Crippen molar-refractivity contribution in [3.8, 4) is 0 Å². The third kappa shape index (κ3) is 4.92. The number of amides is 2. The lowest BCUT2D eigenvalue weighted by Crippen LogP contribution is -2.31. The van der Waals surface area contributed by atoms with E-state index in [1.54, 1.807) is 36.5 Å². The standard InChI is InChI=1S/C14H15ClN4O2/c15-11-4-6-12(7-5-11)18-14(21)16-8-2-10-19-13(20)3-1-9-17-19/h1,3-7,9H,2,8,10H2,(H2,16,18,21). The Labute approximate surface area is 126 Å². The summed E-state index contributed by atoms with van der Waals surface area (Å²) >= 11 is 5.76. The summed E-state index contributed by atoms with van der Waals surface area (Å²) in [5.74, 6) is 0. The monoisotopic (exact) mass is 306 g/mol. The predicted molar refractivity (Wildman–Crippen MR) is 81.6 cm³/mol. The van der Waals surface area contributed by atoms with E-state index in [4.69, 9.17) is 11.6 Å². The van der Waals surface area contributed by atoms with E-state index in [1.165, 1.54) is 10.7 Å².